The van der Waals surface area contributed by atoms with Crippen molar-refractivity contribution in [3.05, 3.63) is 63.1 Å². The Morgan fingerprint density at radius 1 is 1.19 bits per heavy atom. The first-order valence-electron chi connectivity index (χ1n) is 11.3. The van der Waals surface area contributed by atoms with Crippen molar-refractivity contribution in [3.8, 4) is 5.75 Å². The molecule has 0 unspecified atom stereocenters. The van der Waals surface area contributed by atoms with Gasteiger partial charge in [0.1, 0.15) is 11.5 Å². The van der Waals surface area contributed by atoms with Crippen LogP contribution in [0.15, 0.2) is 35.1 Å². The quantitative estimate of drug-likeness (QED) is 0.638. The van der Waals surface area contributed by atoms with E-state index in [4.69, 9.17) is 9.47 Å². The van der Waals surface area contributed by atoms with Gasteiger partial charge in [-0.1, -0.05) is 0 Å². The molecule has 2 aromatic rings. The van der Waals surface area contributed by atoms with Crippen LogP contribution >= 0.6 is 0 Å². The van der Waals surface area contributed by atoms with Crippen LogP contribution in [0.5, 0.6) is 5.75 Å². The van der Waals surface area contributed by atoms with Gasteiger partial charge in [-0.25, -0.2) is 0 Å². The number of H-pyrrole nitrogens is 1. The number of piperidine rings is 1. The third kappa shape index (κ3) is 5.34. The molecule has 4 rings (SSSR count). The Bertz CT molecular complexity index is 1020. The van der Waals surface area contributed by atoms with Gasteiger partial charge in [-0.05, 0) is 74.7 Å². The van der Waals surface area contributed by atoms with E-state index in [1.165, 1.54) is 0 Å². The topological polar surface area (TPSA) is 88.7 Å². The van der Waals surface area contributed by atoms with E-state index in [9.17, 15) is 14.4 Å². The normalized spacial score (nSPS) is 17.0. The molecule has 3 heterocycles. The highest BCUT2D eigenvalue weighted by Gasteiger charge is 2.26. The average molecular weight is 439 g/mol. The molecule has 170 valence electrons. The third-order valence-electron chi connectivity index (χ3n) is 6.45. The summed E-state index contributed by atoms with van der Waals surface area (Å²) in [5, 5.41) is 0. The average Bonchev–Trinajstić information content (AvgIpc) is 2.83. The summed E-state index contributed by atoms with van der Waals surface area (Å²) in [4.78, 5) is 42.5. The van der Waals surface area contributed by atoms with Gasteiger partial charge in [0, 0.05) is 29.2 Å². The monoisotopic (exact) mass is 438 g/mol. The van der Waals surface area contributed by atoms with E-state index in [1.54, 1.807) is 7.11 Å². The summed E-state index contributed by atoms with van der Waals surface area (Å²) < 4.78 is 10.5. The van der Waals surface area contributed by atoms with Crippen molar-refractivity contribution in [2.75, 3.05) is 33.4 Å². The van der Waals surface area contributed by atoms with Crippen molar-refractivity contribution in [1.29, 1.82) is 0 Å². The van der Waals surface area contributed by atoms with Crippen LogP contribution in [0.1, 0.15) is 46.4 Å². The lowest BCUT2D eigenvalue weighted by atomic mass is 9.88. The summed E-state index contributed by atoms with van der Waals surface area (Å²) in [5.74, 6) is 1.06. The van der Waals surface area contributed by atoms with E-state index >= 15 is 0 Å². The molecule has 1 saturated heterocycles. The van der Waals surface area contributed by atoms with Gasteiger partial charge >= 0.3 is 0 Å². The number of carbonyl (C=O) groups is 2. The van der Waals surface area contributed by atoms with Crippen molar-refractivity contribution in [2.24, 2.45) is 5.92 Å². The molecule has 2 aliphatic rings. The number of hydrogen-bond acceptors (Lipinski definition) is 6. The molecule has 7 heteroatoms. The number of aromatic nitrogens is 1. The number of hydrogen-bond donors (Lipinski definition) is 1. The van der Waals surface area contributed by atoms with Gasteiger partial charge in [0.25, 0.3) is 5.56 Å². The number of methoxy groups -OCH3 is 1. The highest BCUT2D eigenvalue weighted by atomic mass is 16.5. The number of nitrogens with zero attached hydrogens (tertiary/aromatic N) is 1. The van der Waals surface area contributed by atoms with Gasteiger partial charge in [-0.3, -0.25) is 19.3 Å². The number of pyridine rings is 1. The van der Waals surface area contributed by atoms with E-state index in [0.29, 0.717) is 43.7 Å². The maximum absolute atomic E-state index is 12.8. The Hall–Kier alpha value is -2.77. The lowest BCUT2D eigenvalue weighted by molar-refractivity contribution is -0.120. The largest absolute Gasteiger partial charge is 0.497 e. The zero-order chi connectivity index (χ0) is 22.5. The minimum Gasteiger partial charge on any atom is -0.497 e. The predicted octanol–water partition coefficient (Wildman–Crippen LogP) is 2.55. The van der Waals surface area contributed by atoms with Crippen molar-refractivity contribution in [1.82, 2.24) is 9.88 Å². The van der Waals surface area contributed by atoms with E-state index in [0.717, 1.165) is 49.4 Å². The summed E-state index contributed by atoms with van der Waals surface area (Å²) in [5.41, 5.74) is 3.16. The number of carbonyl (C=O) groups excluding carboxylic acids is 2. The zero-order valence-corrected chi connectivity index (χ0v) is 18.5. The molecular formula is C25H30N2O5. The fraction of sp³-hybridized carbons (Fsp3) is 0.480. The number of nitrogens with one attached hydrogen (secondary N) is 1. The van der Waals surface area contributed by atoms with Gasteiger partial charge in [0.15, 0.2) is 5.78 Å². The molecule has 1 N–H and O–H groups in total. The number of aromatic amines is 1. The Morgan fingerprint density at radius 2 is 1.94 bits per heavy atom. The second-order valence-electron chi connectivity index (χ2n) is 8.61. The summed E-state index contributed by atoms with van der Waals surface area (Å²) in [6, 6.07) is 9.25. The first kappa shape index (κ1) is 22.4. The minimum atomic E-state index is -0.103. The molecule has 1 aromatic carbocycles. The number of ketones is 2. The second kappa shape index (κ2) is 10.2. The maximum Gasteiger partial charge on any atom is 0.253 e. The summed E-state index contributed by atoms with van der Waals surface area (Å²) in [6.45, 7) is 2.88. The molecule has 0 aliphatic carbocycles. The smallest absolute Gasteiger partial charge is 0.253 e. The Kier molecular flexibility index (Phi) is 7.17. The van der Waals surface area contributed by atoms with Crippen LogP contribution in [0.2, 0.25) is 0 Å². The van der Waals surface area contributed by atoms with Gasteiger partial charge < -0.3 is 14.5 Å². The van der Waals surface area contributed by atoms with Crippen molar-refractivity contribution in [3.63, 3.8) is 0 Å². The summed E-state index contributed by atoms with van der Waals surface area (Å²) in [6.07, 6.45) is 3.20. The molecule has 1 fully saturated rings. The number of aryl methyl sites for hydroxylation is 1. The summed E-state index contributed by atoms with van der Waals surface area (Å²) in [7, 11) is 1.61. The highest BCUT2D eigenvalue weighted by molar-refractivity contribution is 5.98. The maximum atomic E-state index is 12.8. The minimum absolute atomic E-state index is 0.000651. The van der Waals surface area contributed by atoms with Crippen LogP contribution in [-0.4, -0.2) is 54.8 Å². The molecule has 0 spiro atoms. The zero-order valence-electron chi connectivity index (χ0n) is 18.5. The lowest BCUT2D eigenvalue weighted by Gasteiger charge is -2.30. The number of rotatable bonds is 8. The van der Waals surface area contributed by atoms with E-state index in [2.05, 4.69) is 9.88 Å². The standard InChI is InChI=1S/C25H30N2O5/c1-31-22-6-2-17(3-7-22)24(29)18-8-11-27(12-9-18)15-21(28)5-4-20-14-19-10-13-32-16-23(19)25(30)26-20/h2-3,6-7,14,18H,4-5,8-13,15-16H2,1H3,(H,26,30). The summed E-state index contributed by atoms with van der Waals surface area (Å²) >= 11 is 0. The van der Waals surface area contributed by atoms with E-state index in [-0.39, 0.29) is 23.0 Å². The molecule has 0 saturated carbocycles. The molecule has 7 nitrogen and oxygen atoms in total. The Morgan fingerprint density at radius 3 is 2.66 bits per heavy atom. The van der Waals surface area contributed by atoms with Crippen molar-refractivity contribution >= 4 is 11.6 Å². The first-order valence-corrected chi connectivity index (χ1v) is 11.3. The number of Topliss-reactive ketones (excluding diaryl/α,β-unsaturated/α-hetero) is 2. The van der Waals surface area contributed by atoms with Gasteiger partial charge in [-0.2, -0.15) is 0 Å². The molecule has 0 amide bonds. The molecule has 0 bridgehead atoms. The van der Waals surface area contributed by atoms with Crippen molar-refractivity contribution in [2.45, 2.75) is 38.7 Å². The number of fused-ring (bicyclic) bond motifs is 1. The van der Waals surface area contributed by atoms with Gasteiger partial charge in [0.2, 0.25) is 0 Å². The molecule has 0 atom stereocenters. The molecule has 0 radical (unpaired) electrons. The fourth-order valence-corrected chi connectivity index (χ4v) is 4.52. The van der Waals surface area contributed by atoms with Crippen molar-refractivity contribution < 1.29 is 19.1 Å². The molecular weight excluding hydrogens is 408 g/mol. The highest BCUT2D eigenvalue weighted by Crippen LogP contribution is 2.23. The fourth-order valence-electron chi connectivity index (χ4n) is 4.52. The Balaban J connectivity index is 1.23. The predicted molar refractivity (Wildman–Crippen MR) is 120 cm³/mol. The van der Waals surface area contributed by atoms with Crippen LogP contribution in [0.4, 0.5) is 0 Å². The van der Waals surface area contributed by atoms with Crippen LogP contribution in [-0.2, 0) is 29.0 Å². The molecule has 1 aromatic heterocycles. The van der Waals surface area contributed by atoms with E-state index in [1.807, 2.05) is 30.3 Å². The third-order valence-corrected chi connectivity index (χ3v) is 6.45. The Labute approximate surface area is 187 Å². The van der Waals surface area contributed by atoms with Crippen LogP contribution in [0, 0.1) is 5.92 Å². The van der Waals surface area contributed by atoms with Crippen LogP contribution in [0.3, 0.4) is 0 Å². The number of likely N-dealkylation sites (tertiary alicyclic amines) is 1. The lowest BCUT2D eigenvalue weighted by Crippen LogP contribution is -2.39. The molecule has 2 aliphatic heterocycles. The van der Waals surface area contributed by atoms with Gasteiger partial charge in [0.05, 0.1) is 26.9 Å². The van der Waals surface area contributed by atoms with Gasteiger partial charge in [-0.15, -0.1) is 0 Å². The first-order chi connectivity index (χ1) is 15.5. The van der Waals surface area contributed by atoms with E-state index < -0.39 is 0 Å². The molecule has 32 heavy (non-hydrogen) atoms. The van der Waals surface area contributed by atoms with Crippen LogP contribution < -0.4 is 10.3 Å². The van der Waals surface area contributed by atoms with Crippen LogP contribution in [0.25, 0.3) is 0 Å². The number of benzene rings is 1. The number of ether oxygens (including phenoxy) is 2. The second-order valence-corrected chi connectivity index (χ2v) is 8.61. The SMILES string of the molecule is COc1ccc(C(=O)C2CCN(CC(=O)CCc3cc4c(c(=O)[nH]3)COCC4)CC2)cc1.